The summed E-state index contributed by atoms with van der Waals surface area (Å²) in [6, 6.07) is 1.77. The molecule has 15 heavy (non-hydrogen) atoms. The number of pyridine rings is 1. The number of anilines is 1. The topological polar surface area (TPSA) is 38.9 Å². The first-order chi connectivity index (χ1) is 7.25. The van der Waals surface area contributed by atoms with Gasteiger partial charge in [-0.3, -0.25) is 0 Å². The lowest BCUT2D eigenvalue weighted by Crippen LogP contribution is -1.99. The van der Waals surface area contributed by atoms with E-state index in [0.717, 1.165) is 16.7 Å². The van der Waals surface area contributed by atoms with E-state index in [-0.39, 0.29) is 0 Å². The molecule has 1 aliphatic carbocycles. The Kier molecular flexibility index (Phi) is 3.76. The lowest BCUT2D eigenvalue weighted by atomic mass is 10.1. The van der Waals surface area contributed by atoms with Crippen LogP contribution in [0, 0.1) is 5.92 Å². The van der Waals surface area contributed by atoms with Crippen molar-refractivity contribution in [1.29, 1.82) is 0 Å². The molecule has 0 spiro atoms. The Hall–Kier alpha value is -0.410. The van der Waals surface area contributed by atoms with Gasteiger partial charge in [0, 0.05) is 11.9 Å². The van der Waals surface area contributed by atoms with Crippen LogP contribution in [-0.2, 0) is 0 Å². The van der Waals surface area contributed by atoms with Crippen LogP contribution in [0.25, 0.3) is 0 Å². The number of halogens is 1. The van der Waals surface area contributed by atoms with Crippen molar-refractivity contribution in [2.24, 2.45) is 5.92 Å². The molecule has 1 fully saturated rings. The molecule has 0 radical (unpaired) electrons. The minimum absolute atomic E-state index is 0.609. The maximum absolute atomic E-state index is 5.84. The van der Waals surface area contributed by atoms with Crippen molar-refractivity contribution in [2.45, 2.75) is 30.7 Å². The molecule has 0 aromatic carbocycles. The fourth-order valence-electron chi connectivity index (χ4n) is 1.94. The molecule has 0 saturated heterocycles. The minimum atomic E-state index is 0.609. The number of thioether (sulfide) groups is 1. The first kappa shape index (κ1) is 11.1. The summed E-state index contributed by atoms with van der Waals surface area (Å²) in [6.07, 6.45) is 7.15. The van der Waals surface area contributed by atoms with E-state index in [2.05, 4.69) is 4.98 Å². The van der Waals surface area contributed by atoms with Gasteiger partial charge < -0.3 is 5.73 Å². The molecule has 0 aliphatic heterocycles. The van der Waals surface area contributed by atoms with Gasteiger partial charge in [0.25, 0.3) is 0 Å². The van der Waals surface area contributed by atoms with Crippen molar-refractivity contribution in [1.82, 2.24) is 4.98 Å². The summed E-state index contributed by atoms with van der Waals surface area (Å²) in [5.41, 5.74) is 6.54. The number of nitrogen functional groups attached to an aromatic ring is 1. The van der Waals surface area contributed by atoms with Crippen molar-refractivity contribution < 1.29 is 0 Å². The summed E-state index contributed by atoms with van der Waals surface area (Å²) in [4.78, 5) is 4.24. The number of aromatic nitrogens is 1. The Morgan fingerprint density at radius 1 is 1.47 bits per heavy atom. The number of nitrogens with zero attached hydrogens (tertiary/aromatic N) is 1. The van der Waals surface area contributed by atoms with Crippen LogP contribution in [-0.4, -0.2) is 10.7 Å². The number of hydrogen-bond donors (Lipinski definition) is 1. The highest BCUT2D eigenvalue weighted by Crippen LogP contribution is 2.32. The smallest absolute Gasteiger partial charge is 0.119 e. The number of rotatable bonds is 3. The summed E-state index contributed by atoms with van der Waals surface area (Å²) in [7, 11) is 0. The summed E-state index contributed by atoms with van der Waals surface area (Å²) < 4.78 is 0. The van der Waals surface area contributed by atoms with Crippen molar-refractivity contribution in [3.63, 3.8) is 0 Å². The van der Waals surface area contributed by atoms with E-state index in [4.69, 9.17) is 17.3 Å². The van der Waals surface area contributed by atoms with Gasteiger partial charge in [0.15, 0.2) is 0 Å². The van der Waals surface area contributed by atoms with Gasteiger partial charge in [-0.1, -0.05) is 24.4 Å². The summed E-state index contributed by atoms with van der Waals surface area (Å²) in [5, 5.41) is 1.53. The van der Waals surface area contributed by atoms with Crippen LogP contribution in [0.15, 0.2) is 17.3 Å². The molecule has 2 rings (SSSR count). The first-order valence-electron chi connectivity index (χ1n) is 5.29. The van der Waals surface area contributed by atoms with E-state index in [1.165, 1.54) is 25.7 Å². The number of hydrogen-bond acceptors (Lipinski definition) is 3. The molecule has 1 aromatic rings. The predicted octanol–water partition coefficient (Wildman–Crippen LogP) is 3.60. The van der Waals surface area contributed by atoms with Crippen LogP contribution in [0.1, 0.15) is 25.7 Å². The standard InChI is InChI=1S/C11H15ClN2S/c12-9-5-10(13)11(14-6-9)15-7-8-3-1-2-4-8/h5-6,8H,1-4,7,13H2. The van der Waals surface area contributed by atoms with E-state index in [1.807, 2.05) is 0 Å². The average Bonchev–Trinajstić information content (AvgIpc) is 2.69. The minimum Gasteiger partial charge on any atom is -0.397 e. The summed E-state index contributed by atoms with van der Waals surface area (Å²) >= 11 is 7.55. The van der Waals surface area contributed by atoms with Crippen molar-refractivity contribution in [2.75, 3.05) is 11.5 Å². The monoisotopic (exact) mass is 242 g/mol. The van der Waals surface area contributed by atoms with Crippen LogP contribution >= 0.6 is 23.4 Å². The molecule has 1 aromatic heterocycles. The lowest BCUT2D eigenvalue weighted by molar-refractivity contribution is 0.623. The molecule has 2 N–H and O–H groups in total. The zero-order valence-corrected chi connectivity index (χ0v) is 10.2. The Morgan fingerprint density at radius 3 is 2.87 bits per heavy atom. The molecule has 0 unspecified atom stereocenters. The normalized spacial score (nSPS) is 17.1. The fourth-order valence-corrected chi connectivity index (χ4v) is 3.18. The van der Waals surface area contributed by atoms with Crippen molar-refractivity contribution in [3.8, 4) is 0 Å². The van der Waals surface area contributed by atoms with E-state index in [1.54, 1.807) is 24.0 Å². The van der Waals surface area contributed by atoms with Gasteiger partial charge in [-0.25, -0.2) is 4.98 Å². The molecule has 82 valence electrons. The van der Waals surface area contributed by atoms with Gasteiger partial charge in [-0.2, -0.15) is 0 Å². The molecule has 4 heteroatoms. The zero-order valence-electron chi connectivity index (χ0n) is 8.58. The van der Waals surface area contributed by atoms with Crippen molar-refractivity contribution >= 4 is 29.1 Å². The molecule has 0 amide bonds. The molecule has 1 heterocycles. The molecule has 0 atom stereocenters. The van der Waals surface area contributed by atoms with Gasteiger partial charge >= 0.3 is 0 Å². The maximum atomic E-state index is 5.84. The Balaban J connectivity index is 1.92. The van der Waals surface area contributed by atoms with E-state index in [0.29, 0.717) is 10.7 Å². The van der Waals surface area contributed by atoms with E-state index >= 15 is 0 Å². The maximum Gasteiger partial charge on any atom is 0.119 e. The number of nitrogens with two attached hydrogens (primary N) is 1. The highest BCUT2D eigenvalue weighted by Gasteiger charge is 2.15. The molecule has 1 aliphatic rings. The van der Waals surface area contributed by atoms with Gasteiger partial charge in [0.1, 0.15) is 5.03 Å². The highest BCUT2D eigenvalue weighted by molar-refractivity contribution is 7.99. The molecule has 1 saturated carbocycles. The third-order valence-electron chi connectivity index (χ3n) is 2.78. The SMILES string of the molecule is Nc1cc(Cl)cnc1SCC1CCCC1. The Bertz CT molecular complexity index is 337. The van der Waals surface area contributed by atoms with Crippen molar-refractivity contribution in [3.05, 3.63) is 17.3 Å². The Labute approximate surface area is 99.6 Å². The van der Waals surface area contributed by atoms with Gasteiger partial charge in [0.2, 0.25) is 0 Å². The van der Waals surface area contributed by atoms with Crippen LogP contribution in [0.4, 0.5) is 5.69 Å². The Morgan fingerprint density at radius 2 is 2.20 bits per heavy atom. The van der Waals surface area contributed by atoms with Crippen LogP contribution < -0.4 is 5.73 Å². The van der Waals surface area contributed by atoms with Crippen LogP contribution in [0.5, 0.6) is 0 Å². The highest BCUT2D eigenvalue weighted by atomic mass is 35.5. The van der Waals surface area contributed by atoms with E-state index < -0.39 is 0 Å². The largest absolute Gasteiger partial charge is 0.397 e. The van der Waals surface area contributed by atoms with Gasteiger partial charge in [-0.05, 0) is 24.8 Å². The lowest BCUT2D eigenvalue weighted by Gasteiger charge is -2.09. The second-order valence-corrected chi connectivity index (χ2v) is 5.45. The molecular formula is C11H15ClN2S. The predicted molar refractivity (Wildman–Crippen MR) is 66.3 cm³/mol. The second-order valence-electron chi connectivity index (χ2n) is 4.01. The summed E-state index contributed by atoms with van der Waals surface area (Å²) in [6.45, 7) is 0. The molecule has 0 bridgehead atoms. The van der Waals surface area contributed by atoms with Gasteiger partial charge in [0.05, 0.1) is 10.7 Å². The summed E-state index contributed by atoms with van der Waals surface area (Å²) in [5.74, 6) is 1.99. The van der Waals surface area contributed by atoms with Crippen LogP contribution in [0.3, 0.4) is 0 Å². The molecular weight excluding hydrogens is 228 g/mol. The second kappa shape index (κ2) is 5.08. The first-order valence-corrected chi connectivity index (χ1v) is 6.66. The van der Waals surface area contributed by atoms with E-state index in [9.17, 15) is 0 Å². The zero-order chi connectivity index (χ0) is 10.7. The average molecular weight is 243 g/mol. The quantitative estimate of drug-likeness (QED) is 0.824. The fraction of sp³-hybridized carbons (Fsp3) is 0.545. The van der Waals surface area contributed by atoms with Gasteiger partial charge in [-0.15, -0.1) is 11.8 Å². The third kappa shape index (κ3) is 3.02. The third-order valence-corrected chi connectivity index (χ3v) is 4.24. The molecule has 2 nitrogen and oxygen atoms in total. The van der Waals surface area contributed by atoms with Crippen LogP contribution in [0.2, 0.25) is 5.02 Å².